The van der Waals surface area contributed by atoms with Crippen LogP contribution in [0, 0.1) is 0 Å². The predicted octanol–water partition coefficient (Wildman–Crippen LogP) is 4.40. The molecule has 0 saturated carbocycles. The largest absolute Gasteiger partial charge is 0.493 e. The minimum Gasteiger partial charge on any atom is -0.493 e. The number of para-hydroxylation sites is 1. The summed E-state index contributed by atoms with van der Waals surface area (Å²) in [5, 5.41) is 3.22. The van der Waals surface area contributed by atoms with Gasteiger partial charge in [-0.3, -0.25) is 4.79 Å². The molecule has 2 aromatic carbocycles. The van der Waals surface area contributed by atoms with E-state index in [2.05, 4.69) is 5.32 Å². The molecular formula is C18H18ClNO3. The van der Waals surface area contributed by atoms with Crippen LogP contribution in [-0.2, 0) is 4.79 Å². The third-order valence-electron chi connectivity index (χ3n) is 3.05. The molecule has 0 spiro atoms. The number of carbonyl (C=O) groups is 1. The zero-order chi connectivity index (χ0) is 16.7. The number of halogens is 1. The second-order valence-corrected chi connectivity index (χ2v) is 5.05. The summed E-state index contributed by atoms with van der Waals surface area (Å²) in [6.07, 6.45) is 3.14. The fourth-order valence-corrected chi connectivity index (χ4v) is 2.15. The van der Waals surface area contributed by atoms with Crippen molar-refractivity contribution in [3.05, 3.63) is 59.1 Å². The molecule has 120 valence electrons. The molecule has 23 heavy (non-hydrogen) atoms. The molecule has 0 aliphatic carbocycles. The van der Waals surface area contributed by atoms with Gasteiger partial charge in [0.25, 0.3) is 0 Å². The van der Waals surface area contributed by atoms with Gasteiger partial charge in [-0.25, -0.2) is 0 Å². The minimum atomic E-state index is -0.258. The molecule has 0 aliphatic rings. The summed E-state index contributed by atoms with van der Waals surface area (Å²) >= 11 is 6.00. The van der Waals surface area contributed by atoms with Crippen molar-refractivity contribution in [1.82, 2.24) is 0 Å². The lowest BCUT2D eigenvalue weighted by Crippen LogP contribution is -2.07. The average Bonchev–Trinajstić information content (AvgIpc) is 2.56. The molecule has 0 heterocycles. The number of rotatable bonds is 6. The molecule has 0 atom stereocenters. The zero-order valence-electron chi connectivity index (χ0n) is 13.0. The Balaban J connectivity index is 2.07. The van der Waals surface area contributed by atoms with Crippen LogP contribution in [0.1, 0.15) is 12.5 Å². The smallest absolute Gasteiger partial charge is 0.248 e. The van der Waals surface area contributed by atoms with Crippen molar-refractivity contribution in [3.8, 4) is 11.5 Å². The van der Waals surface area contributed by atoms with Gasteiger partial charge < -0.3 is 14.8 Å². The van der Waals surface area contributed by atoms with E-state index in [9.17, 15) is 4.79 Å². The number of ether oxygens (including phenoxy) is 2. The molecule has 0 radical (unpaired) electrons. The van der Waals surface area contributed by atoms with Crippen LogP contribution in [0.25, 0.3) is 6.08 Å². The number of benzene rings is 2. The molecule has 5 heteroatoms. The van der Waals surface area contributed by atoms with E-state index in [4.69, 9.17) is 21.1 Å². The first-order chi connectivity index (χ1) is 11.1. The summed E-state index contributed by atoms with van der Waals surface area (Å²) in [5.74, 6) is 1.04. The number of hydrogen-bond donors (Lipinski definition) is 1. The summed E-state index contributed by atoms with van der Waals surface area (Å²) in [6.45, 7) is 2.47. The summed E-state index contributed by atoms with van der Waals surface area (Å²) < 4.78 is 10.7. The highest BCUT2D eigenvalue weighted by Crippen LogP contribution is 2.28. The zero-order valence-corrected chi connectivity index (χ0v) is 13.8. The van der Waals surface area contributed by atoms with Gasteiger partial charge in [-0.2, -0.15) is 0 Å². The molecule has 4 nitrogen and oxygen atoms in total. The highest BCUT2D eigenvalue weighted by atomic mass is 35.5. The number of methoxy groups -OCH3 is 1. The molecule has 1 amide bonds. The normalized spacial score (nSPS) is 10.6. The van der Waals surface area contributed by atoms with Crippen molar-refractivity contribution in [2.24, 2.45) is 0 Å². The van der Waals surface area contributed by atoms with Crippen LogP contribution < -0.4 is 14.8 Å². The number of hydrogen-bond acceptors (Lipinski definition) is 3. The van der Waals surface area contributed by atoms with E-state index in [1.54, 1.807) is 31.4 Å². The van der Waals surface area contributed by atoms with Gasteiger partial charge in [-0.05, 0) is 42.8 Å². The molecule has 0 unspecified atom stereocenters. The Hall–Kier alpha value is -2.46. The van der Waals surface area contributed by atoms with Crippen molar-refractivity contribution < 1.29 is 14.3 Å². The van der Waals surface area contributed by atoms with Gasteiger partial charge in [0, 0.05) is 6.08 Å². The van der Waals surface area contributed by atoms with E-state index < -0.39 is 0 Å². The van der Waals surface area contributed by atoms with Crippen molar-refractivity contribution in [3.63, 3.8) is 0 Å². The number of amides is 1. The maximum Gasteiger partial charge on any atom is 0.248 e. The standard InChI is InChI=1S/C18H18ClNO3/c1-3-23-16-10-8-13(12-17(16)22-2)9-11-18(21)20-15-7-5-4-6-14(15)19/h4-12H,3H2,1-2H3,(H,20,21)/b11-9+. The van der Waals surface area contributed by atoms with E-state index in [-0.39, 0.29) is 5.91 Å². The second-order valence-electron chi connectivity index (χ2n) is 4.65. The SMILES string of the molecule is CCOc1ccc(/C=C/C(=O)Nc2ccccc2Cl)cc1OC. The highest BCUT2D eigenvalue weighted by Gasteiger charge is 2.05. The Morgan fingerprint density at radius 3 is 2.70 bits per heavy atom. The van der Waals surface area contributed by atoms with E-state index in [1.807, 2.05) is 31.2 Å². The number of anilines is 1. The molecule has 0 aliphatic heterocycles. The maximum absolute atomic E-state index is 11.9. The predicted molar refractivity (Wildman–Crippen MR) is 93.3 cm³/mol. The Morgan fingerprint density at radius 1 is 1.22 bits per heavy atom. The lowest BCUT2D eigenvalue weighted by atomic mass is 10.2. The highest BCUT2D eigenvalue weighted by molar-refractivity contribution is 6.33. The quantitative estimate of drug-likeness (QED) is 0.798. The monoisotopic (exact) mass is 331 g/mol. The first kappa shape index (κ1) is 16.9. The van der Waals surface area contributed by atoms with Gasteiger partial charge in [0.05, 0.1) is 24.4 Å². The topological polar surface area (TPSA) is 47.6 Å². The van der Waals surface area contributed by atoms with E-state index in [0.29, 0.717) is 28.8 Å². The molecule has 2 aromatic rings. The summed E-state index contributed by atoms with van der Waals surface area (Å²) in [7, 11) is 1.58. The fourth-order valence-electron chi connectivity index (χ4n) is 1.97. The molecule has 0 bridgehead atoms. The molecule has 0 fully saturated rings. The van der Waals surface area contributed by atoms with Crippen LogP contribution in [0.3, 0.4) is 0 Å². The van der Waals surface area contributed by atoms with Gasteiger partial charge in [-0.15, -0.1) is 0 Å². The average molecular weight is 332 g/mol. The van der Waals surface area contributed by atoms with Crippen LogP contribution in [-0.4, -0.2) is 19.6 Å². The molecular weight excluding hydrogens is 314 g/mol. The van der Waals surface area contributed by atoms with Gasteiger partial charge in [0.15, 0.2) is 11.5 Å². The minimum absolute atomic E-state index is 0.258. The molecule has 2 rings (SSSR count). The van der Waals surface area contributed by atoms with Crippen molar-refractivity contribution in [1.29, 1.82) is 0 Å². The Bertz CT molecular complexity index is 713. The number of carbonyl (C=O) groups excluding carboxylic acids is 1. The molecule has 1 N–H and O–H groups in total. The Kier molecular flexibility index (Phi) is 6.06. The first-order valence-corrected chi connectivity index (χ1v) is 7.56. The van der Waals surface area contributed by atoms with Crippen molar-refractivity contribution in [2.45, 2.75) is 6.92 Å². The van der Waals surface area contributed by atoms with Gasteiger partial charge >= 0.3 is 0 Å². The Labute approximate surface area is 140 Å². The molecule has 0 saturated heterocycles. The number of nitrogens with one attached hydrogen (secondary N) is 1. The van der Waals surface area contributed by atoms with Crippen molar-refractivity contribution in [2.75, 3.05) is 19.0 Å². The van der Waals surface area contributed by atoms with E-state index in [1.165, 1.54) is 6.08 Å². The summed E-state index contributed by atoms with van der Waals surface area (Å²) in [5.41, 5.74) is 1.41. The summed E-state index contributed by atoms with van der Waals surface area (Å²) in [4.78, 5) is 11.9. The lowest BCUT2D eigenvalue weighted by molar-refractivity contribution is -0.111. The fraction of sp³-hybridized carbons (Fsp3) is 0.167. The second kappa shape index (κ2) is 8.25. The van der Waals surface area contributed by atoms with Gasteiger partial charge in [0.1, 0.15) is 0 Å². The van der Waals surface area contributed by atoms with Crippen LogP contribution in [0.4, 0.5) is 5.69 Å². The van der Waals surface area contributed by atoms with Gasteiger partial charge in [-0.1, -0.05) is 29.8 Å². The van der Waals surface area contributed by atoms with E-state index >= 15 is 0 Å². The Morgan fingerprint density at radius 2 is 2.00 bits per heavy atom. The maximum atomic E-state index is 11.9. The lowest BCUT2D eigenvalue weighted by Gasteiger charge is -2.09. The first-order valence-electron chi connectivity index (χ1n) is 7.18. The van der Waals surface area contributed by atoms with E-state index in [0.717, 1.165) is 5.56 Å². The third kappa shape index (κ3) is 4.76. The summed E-state index contributed by atoms with van der Waals surface area (Å²) in [6, 6.07) is 12.6. The van der Waals surface area contributed by atoms with Crippen LogP contribution in [0.2, 0.25) is 5.02 Å². The van der Waals surface area contributed by atoms with Crippen molar-refractivity contribution >= 4 is 29.3 Å². The van der Waals surface area contributed by atoms with Gasteiger partial charge in [0.2, 0.25) is 5.91 Å². The molecule has 0 aromatic heterocycles. The van der Waals surface area contributed by atoms with Crippen LogP contribution in [0.15, 0.2) is 48.5 Å². The van der Waals surface area contributed by atoms with Crippen LogP contribution >= 0.6 is 11.6 Å². The third-order valence-corrected chi connectivity index (χ3v) is 3.38. The van der Waals surface area contributed by atoms with Crippen LogP contribution in [0.5, 0.6) is 11.5 Å².